The number of halogens is 5. The van der Waals surface area contributed by atoms with E-state index in [-0.39, 0.29) is 17.4 Å². The lowest BCUT2D eigenvalue weighted by atomic mass is 10.1. The largest absolute Gasteiger partial charge is 0.573 e. The van der Waals surface area contributed by atoms with Crippen LogP contribution in [0.1, 0.15) is 6.92 Å². The summed E-state index contributed by atoms with van der Waals surface area (Å²) in [7, 11) is 0. The van der Waals surface area contributed by atoms with E-state index in [2.05, 4.69) is 19.9 Å². The van der Waals surface area contributed by atoms with Gasteiger partial charge in [-0.05, 0) is 24.3 Å². The molecule has 0 aliphatic rings. The molecule has 3 aromatic rings. The predicted octanol–water partition coefficient (Wildman–Crippen LogP) is 3.72. The molecule has 0 N–H and O–H groups in total. The number of aromatic nitrogens is 4. The summed E-state index contributed by atoms with van der Waals surface area (Å²) in [4.78, 5) is 4.11. The third-order valence-corrected chi connectivity index (χ3v) is 3.10. The standard InChI is InChI=1S/C15H11F5N4O2/c1-14(16,17)8-25-13-23-22-12-6-21-11(7-24(12)13)9-2-4-10(5-3-9)26-15(18,19)20/h2-7H,8H2,1H3. The number of alkyl halides is 5. The molecule has 0 atom stereocenters. The van der Waals surface area contributed by atoms with Crippen molar-refractivity contribution in [2.24, 2.45) is 0 Å². The molecule has 2 aromatic heterocycles. The first-order valence-electron chi connectivity index (χ1n) is 7.18. The van der Waals surface area contributed by atoms with E-state index in [1.807, 2.05) is 0 Å². The Morgan fingerprint density at radius 2 is 1.73 bits per heavy atom. The minimum Gasteiger partial charge on any atom is -0.457 e. The fourth-order valence-electron chi connectivity index (χ4n) is 2.05. The summed E-state index contributed by atoms with van der Waals surface area (Å²) in [6.07, 6.45) is -2.02. The van der Waals surface area contributed by atoms with E-state index in [0.717, 1.165) is 12.1 Å². The van der Waals surface area contributed by atoms with Crippen LogP contribution in [0.5, 0.6) is 11.8 Å². The summed E-state index contributed by atoms with van der Waals surface area (Å²) in [5.74, 6) is -3.42. The van der Waals surface area contributed by atoms with Crippen LogP contribution in [0.25, 0.3) is 16.9 Å². The first-order chi connectivity index (χ1) is 12.1. The molecule has 0 spiro atoms. The van der Waals surface area contributed by atoms with Crippen molar-refractivity contribution < 1.29 is 31.4 Å². The van der Waals surface area contributed by atoms with E-state index in [1.165, 1.54) is 28.9 Å². The third kappa shape index (κ3) is 4.35. The molecule has 0 radical (unpaired) electrons. The van der Waals surface area contributed by atoms with Crippen molar-refractivity contribution in [3.63, 3.8) is 0 Å². The normalized spacial score (nSPS) is 12.4. The Balaban J connectivity index is 1.86. The van der Waals surface area contributed by atoms with Crippen LogP contribution < -0.4 is 9.47 Å². The van der Waals surface area contributed by atoms with Gasteiger partial charge in [-0.2, -0.15) is 0 Å². The highest BCUT2D eigenvalue weighted by Crippen LogP contribution is 2.26. The number of benzene rings is 1. The molecular formula is C15H11F5N4O2. The second-order valence-electron chi connectivity index (χ2n) is 5.41. The lowest BCUT2D eigenvalue weighted by Crippen LogP contribution is -2.21. The number of hydrogen-bond donors (Lipinski definition) is 0. The highest BCUT2D eigenvalue weighted by atomic mass is 19.4. The van der Waals surface area contributed by atoms with Crippen molar-refractivity contribution in [2.45, 2.75) is 19.2 Å². The lowest BCUT2D eigenvalue weighted by Gasteiger charge is -2.11. The van der Waals surface area contributed by atoms with E-state index in [1.54, 1.807) is 0 Å². The minimum absolute atomic E-state index is 0.151. The fraction of sp³-hybridized carbons (Fsp3) is 0.267. The Kier molecular flexibility index (Phi) is 4.38. The molecule has 2 heterocycles. The molecular weight excluding hydrogens is 363 g/mol. The Labute approximate surface area is 143 Å². The van der Waals surface area contributed by atoms with Gasteiger partial charge in [0.05, 0.1) is 11.9 Å². The smallest absolute Gasteiger partial charge is 0.457 e. The second kappa shape index (κ2) is 6.39. The quantitative estimate of drug-likeness (QED) is 0.637. The van der Waals surface area contributed by atoms with Crippen LogP contribution >= 0.6 is 0 Å². The molecule has 6 nitrogen and oxygen atoms in total. The van der Waals surface area contributed by atoms with Gasteiger partial charge < -0.3 is 9.47 Å². The van der Waals surface area contributed by atoms with Gasteiger partial charge in [0.1, 0.15) is 5.75 Å². The average molecular weight is 374 g/mol. The Hall–Kier alpha value is -2.98. The molecule has 3 rings (SSSR count). The fourth-order valence-corrected chi connectivity index (χ4v) is 2.05. The van der Waals surface area contributed by atoms with Gasteiger partial charge in [0.2, 0.25) is 0 Å². The van der Waals surface area contributed by atoms with Gasteiger partial charge in [-0.3, -0.25) is 4.98 Å². The highest BCUT2D eigenvalue weighted by molar-refractivity contribution is 5.60. The zero-order valence-corrected chi connectivity index (χ0v) is 13.2. The van der Waals surface area contributed by atoms with Crippen molar-refractivity contribution in [2.75, 3.05) is 6.61 Å². The van der Waals surface area contributed by atoms with E-state index in [9.17, 15) is 22.0 Å². The monoisotopic (exact) mass is 374 g/mol. The summed E-state index contributed by atoms with van der Waals surface area (Å²) < 4.78 is 72.5. The molecule has 0 saturated heterocycles. The van der Waals surface area contributed by atoms with Gasteiger partial charge in [-0.25, -0.2) is 13.2 Å². The van der Waals surface area contributed by atoms with Crippen LogP contribution in [0.15, 0.2) is 36.7 Å². The van der Waals surface area contributed by atoms with Crippen molar-refractivity contribution in [1.82, 2.24) is 19.6 Å². The molecule has 26 heavy (non-hydrogen) atoms. The van der Waals surface area contributed by atoms with Gasteiger partial charge in [0.15, 0.2) is 12.3 Å². The molecule has 0 unspecified atom stereocenters. The topological polar surface area (TPSA) is 61.5 Å². The second-order valence-corrected chi connectivity index (χ2v) is 5.41. The van der Waals surface area contributed by atoms with Crippen molar-refractivity contribution in [3.8, 4) is 23.0 Å². The van der Waals surface area contributed by atoms with Crippen molar-refractivity contribution >= 4 is 5.65 Å². The summed E-state index contributed by atoms with van der Waals surface area (Å²) >= 11 is 0. The van der Waals surface area contributed by atoms with Crippen LogP contribution in [0.4, 0.5) is 22.0 Å². The maximum Gasteiger partial charge on any atom is 0.573 e. The molecule has 0 aliphatic carbocycles. The molecule has 0 fully saturated rings. The Morgan fingerprint density at radius 3 is 2.35 bits per heavy atom. The molecule has 1 aromatic carbocycles. The van der Waals surface area contributed by atoms with Gasteiger partial charge in [0.25, 0.3) is 5.92 Å². The number of fused-ring (bicyclic) bond motifs is 1. The van der Waals surface area contributed by atoms with Crippen LogP contribution in [0.2, 0.25) is 0 Å². The molecule has 11 heteroatoms. The molecule has 0 amide bonds. The minimum atomic E-state index is -4.78. The lowest BCUT2D eigenvalue weighted by molar-refractivity contribution is -0.274. The van der Waals surface area contributed by atoms with Gasteiger partial charge in [-0.1, -0.05) is 5.10 Å². The van der Waals surface area contributed by atoms with E-state index in [0.29, 0.717) is 18.2 Å². The summed E-state index contributed by atoms with van der Waals surface area (Å²) in [5.41, 5.74) is 1.09. The summed E-state index contributed by atoms with van der Waals surface area (Å²) in [6, 6.07) is 4.87. The first kappa shape index (κ1) is 17.8. The third-order valence-electron chi connectivity index (χ3n) is 3.10. The Bertz CT molecular complexity index is 903. The zero-order chi connectivity index (χ0) is 18.9. The van der Waals surface area contributed by atoms with Gasteiger partial charge in [0, 0.05) is 18.7 Å². The number of nitrogens with zero attached hydrogens (tertiary/aromatic N) is 4. The van der Waals surface area contributed by atoms with E-state index < -0.39 is 18.9 Å². The van der Waals surface area contributed by atoms with Crippen molar-refractivity contribution in [1.29, 1.82) is 0 Å². The number of rotatable bonds is 5. The first-order valence-corrected chi connectivity index (χ1v) is 7.18. The number of hydrogen-bond acceptors (Lipinski definition) is 5. The molecule has 0 aliphatic heterocycles. The summed E-state index contributed by atoms with van der Waals surface area (Å²) in [5, 5.41) is 7.40. The predicted molar refractivity (Wildman–Crippen MR) is 79.0 cm³/mol. The van der Waals surface area contributed by atoms with E-state index in [4.69, 9.17) is 4.74 Å². The molecule has 0 saturated carbocycles. The SMILES string of the molecule is CC(F)(F)COc1nnc2cnc(-c3ccc(OC(F)(F)F)cc3)cn12. The highest BCUT2D eigenvalue weighted by Gasteiger charge is 2.31. The maximum absolute atomic E-state index is 12.9. The number of ether oxygens (including phenoxy) is 2. The van der Waals surface area contributed by atoms with Gasteiger partial charge >= 0.3 is 12.4 Å². The molecule has 0 bridgehead atoms. The Morgan fingerprint density at radius 1 is 1.04 bits per heavy atom. The summed E-state index contributed by atoms with van der Waals surface area (Å²) in [6.45, 7) is -0.178. The van der Waals surface area contributed by atoms with Crippen LogP contribution in [-0.4, -0.2) is 38.5 Å². The van der Waals surface area contributed by atoms with Crippen LogP contribution in [-0.2, 0) is 0 Å². The van der Waals surface area contributed by atoms with E-state index >= 15 is 0 Å². The zero-order valence-electron chi connectivity index (χ0n) is 13.2. The molecule has 138 valence electrons. The van der Waals surface area contributed by atoms with Crippen LogP contribution in [0.3, 0.4) is 0 Å². The van der Waals surface area contributed by atoms with Crippen LogP contribution in [0, 0.1) is 0 Å². The van der Waals surface area contributed by atoms with Crippen molar-refractivity contribution in [3.05, 3.63) is 36.7 Å². The van der Waals surface area contributed by atoms with Gasteiger partial charge in [-0.15, -0.1) is 18.3 Å². The maximum atomic E-state index is 12.9. The average Bonchev–Trinajstić information content (AvgIpc) is 2.94.